The maximum atomic E-state index is 6.70. The van der Waals surface area contributed by atoms with E-state index in [-0.39, 0.29) is 6.04 Å². The SMILES string of the molecule is NC(c1ccccc1)c1ccccc1NNc1ccc(-c2ccccc2)cc1-c1cccc(-c2ccccc2)c1. The topological polar surface area (TPSA) is 50.1 Å². The third-order valence-corrected chi connectivity index (χ3v) is 7.19. The molecule has 0 saturated carbocycles. The van der Waals surface area contributed by atoms with Crippen LogP contribution < -0.4 is 16.6 Å². The number of hydrogen-bond donors (Lipinski definition) is 3. The van der Waals surface area contributed by atoms with Crippen molar-refractivity contribution in [2.45, 2.75) is 6.04 Å². The highest BCUT2D eigenvalue weighted by Gasteiger charge is 2.14. The first kappa shape index (κ1) is 25.2. The van der Waals surface area contributed by atoms with E-state index in [2.05, 4.69) is 126 Å². The number of hydrazine groups is 1. The van der Waals surface area contributed by atoms with Gasteiger partial charge in [0.1, 0.15) is 0 Å². The van der Waals surface area contributed by atoms with Gasteiger partial charge in [-0.1, -0.05) is 133 Å². The predicted octanol–water partition coefficient (Wildman–Crippen LogP) is 9.17. The number of para-hydroxylation sites is 1. The van der Waals surface area contributed by atoms with Crippen LogP contribution in [0, 0.1) is 0 Å². The van der Waals surface area contributed by atoms with E-state index >= 15 is 0 Å². The number of nitrogens with two attached hydrogens (primary N) is 1. The zero-order chi connectivity index (χ0) is 27.1. The van der Waals surface area contributed by atoms with Crippen molar-refractivity contribution in [1.82, 2.24) is 0 Å². The van der Waals surface area contributed by atoms with Crippen molar-refractivity contribution in [1.29, 1.82) is 0 Å². The smallest absolute Gasteiger partial charge is 0.0618 e. The van der Waals surface area contributed by atoms with Gasteiger partial charge in [0.2, 0.25) is 0 Å². The Hall–Kier alpha value is -5.12. The monoisotopic (exact) mass is 517 g/mol. The molecule has 0 aliphatic carbocycles. The molecule has 0 amide bonds. The lowest BCUT2D eigenvalue weighted by molar-refractivity contribution is 0.873. The summed E-state index contributed by atoms with van der Waals surface area (Å²) in [6.45, 7) is 0. The zero-order valence-electron chi connectivity index (χ0n) is 22.2. The summed E-state index contributed by atoms with van der Waals surface area (Å²) in [6, 6.07) is 54.4. The number of nitrogens with one attached hydrogen (secondary N) is 2. The third-order valence-electron chi connectivity index (χ3n) is 7.19. The summed E-state index contributed by atoms with van der Waals surface area (Å²) in [5, 5.41) is 0. The number of anilines is 2. The fourth-order valence-corrected chi connectivity index (χ4v) is 5.06. The number of hydrogen-bond acceptors (Lipinski definition) is 3. The van der Waals surface area contributed by atoms with Crippen molar-refractivity contribution in [3.63, 3.8) is 0 Å². The van der Waals surface area contributed by atoms with E-state index in [1.165, 1.54) is 16.7 Å². The van der Waals surface area contributed by atoms with Crippen molar-refractivity contribution in [3.8, 4) is 33.4 Å². The van der Waals surface area contributed by atoms with Crippen LogP contribution in [0.1, 0.15) is 17.2 Å². The molecule has 1 atom stereocenters. The molecule has 0 aromatic heterocycles. The molecule has 0 radical (unpaired) electrons. The first-order valence-electron chi connectivity index (χ1n) is 13.5. The quantitative estimate of drug-likeness (QED) is 0.176. The van der Waals surface area contributed by atoms with E-state index in [1.54, 1.807) is 0 Å². The van der Waals surface area contributed by atoms with Gasteiger partial charge in [0.15, 0.2) is 0 Å². The molecule has 3 nitrogen and oxygen atoms in total. The number of rotatable bonds is 8. The molecule has 1 unspecified atom stereocenters. The molecule has 0 saturated heterocycles. The summed E-state index contributed by atoms with van der Waals surface area (Å²) in [5.74, 6) is 0. The molecular weight excluding hydrogens is 486 g/mol. The van der Waals surface area contributed by atoms with Crippen LogP contribution in [0.3, 0.4) is 0 Å². The molecule has 0 fully saturated rings. The van der Waals surface area contributed by atoms with E-state index in [1.807, 2.05) is 42.5 Å². The van der Waals surface area contributed by atoms with Crippen molar-refractivity contribution >= 4 is 11.4 Å². The summed E-state index contributed by atoms with van der Waals surface area (Å²) in [5.41, 5.74) is 24.6. The van der Waals surface area contributed by atoms with Crippen LogP contribution in [0.4, 0.5) is 11.4 Å². The molecule has 4 N–H and O–H groups in total. The predicted molar refractivity (Wildman–Crippen MR) is 169 cm³/mol. The Morgan fingerprint density at radius 2 is 0.925 bits per heavy atom. The van der Waals surface area contributed by atoms with Gasteiger partial charge in [0.25, 0.3) is 0 Å². The normalized spacial score (nSPS) is 11.5. The molecule has 0 bridgehead atoms. The van der Waals surface area contributed by atoms with Gasteiger partial charge in [-0.3, -0.25) is 0 Å². The van der Waals surface area contributed by atoms with Gasteiger partial charge < -0.3 is 16.6 Å². The largest absolute Gasteiger partial charge is 0.320 e. The minimum atomic E-state index is -0.241. The first-order valence-corrected chi connectivity index (χ1v) is 13.5. The van der Waals surface area contributed by atoms with Crippen molar-refractivity contribution in [2.75, 3.05) is 10.9 Å². The average Bonchev–Trinajstić information content (AvgIpc) is 3.05. The number of benzene rings is 6. The first-order chi connectivity index (χ1) is 19.8. The van der Waals surface area contributed by atoms with Gasteiger partial charge in [-0.25, -0.2) is 0 Å². The molecule has 0 aliphatic rings. The fraction of sp³-hybridized carbons (Fsp3) is 0.0270. The third kappa shape index (κ3) is 5.51. The maximum absolute atomic E-state index is 6.70. The lowest BCUT2D eigenvalue weighted by atomic mass is 9.95. The lowest BCUT2D eigenvalue weighted by Crippen LogP contribution is -2.17. The molecule has 0 heterocycles. The van der Waals surface area contributed by atoms with E-state index in [0.717, 1.165) is 39.2 Å². The Bertz CT molecular complexity index is 1700. The van der Waals surface area contributed by atoms with Crippen molar-refractivity contribution in [2.24, 2.45) is 5.73 Å². The van der Waals surface area contributed by atoms with E-state index in [0.29, 0.717) is 0 Å². The Morgan fingerprint density at radius 3 is 1.62 bits per heavy atom. The summed E-state index contributed by atoms with van der Waals surface area (Å²) < 4.78 is 0. The molecule has 3 heteroatoms. The molecule has 0 aliphatic heterocycles. The van der Waals surface area contributed by atoms with Crippen LogP contribution in [0.15, 0.2) is 158 Å². The summed E-state index contributed by atoms with van der Waals surface area (Å²) >= 11 is 0. The Labute approximate surface area is 235 Å². The zero-order valence-corrected chi connectivity index (χ0v) is 22.2. The Morgan fingerprint density at radius 1 is 0.400 bits per heavy atom. The average molecular weight is 518 g/mol. The van der Waals surface area contributed by atoms with Gasteiger partial charge in [0.05, 0.1) is 17.4 Å². The van der Waals surface area contributed by atoms with Crippen LogP contribution in [0.25, 0.3) is 33.4 Å². The molecule has 40 heavy (non-hydrogen) atoms. The van der Waals surface area contributed by atoms with Gasteiger partial charge >= 0.3 is 0 Å². The van der Waals surface area contributed by atoms with Gasteiger partial charge in [-0.15, -0.1) is 0 Å². The van der Waals surface area contributed by atoms with Crippen LogP contribution in [0.5, 0.6) is 0 Å². The minimum absolute atomic E-state index is 0.241. The summed E-state index contributed by atoms with van der Waals surface area (Å²) in [6.07, 6.45) is 0. The molecule has 6 aromatic rings. The second-order valence-corrected chi connectivity index (χ2v) is 9.80. The van der Waals surface area contributed by atoms with Gasteiger partial charge in [-0.05, 0) is 63.2 Å². The van der Waals surface area contributed by atoms with Crippen molar-refractivity contribution < 1.29 is 0 Å². The molecule has 6 aromatic carbocycles. The summed E-state index contributed by atoms with van der Waals surface area (Å²) in [7, 11) is 0. The molecular formula is C37H31N3. The molecule has 6 rings (SSSR count). The van der Waals surface area contributed by atoms with E-state index < -0.39 is 0 Å². The van der Waals surface area contributed by atoms with Gasteiger partial charge in [0, 0.05) is 5.56 Å². The van der Waals surface area contributed by atoms with Crippen molar-refractivity contribution in [3.05, 3.63) is 169 Å². The Kier molecular flexibility index (Phi) is 7.38. The van der Waals surface area contributed by atoms with Crippen LogP contribution in [-0.2, 0) is 0 Å². The van der Waals surface area contributed by atoms with Crippen LogP contribution in [0.2, 0.25) is 0 Å². The van der Waals surface area contributed by atoms with Gasteiger partial charge in [-0.2, -0.15) is 0 Å². The highest BCUT2D eigenvalue weighted by atomic mass is 15.4. The summed E-state index contributed by atoms with van der Waals surface area (Å²) in [4.78, 5) is 0. The molecule has 194 valence electrons. The minimum Gasteiger partial charge on any atom is -0.320 e. The van der Waals surface area contributed by atoms with Crippen LogP contribution >= 0.6 is 0 Å². The van der Waals surface area contributed by atoms with E-state index in [4.69, 9.17) is 5.73 Å². The molecule has 0 spiro atoms. The second-order valence-electron chi connectivity index (χ2n) is 9.80. The maximum Gasteiger partial charge on any atom is 0.0618 e. The van der Waals surface area contributed by atoms with E-state index in [9.17, 15) is 0 Å². The lowest BCUT2D eigenvalue weighted by Gasteiger charge is -2.21. The second kappa shape index (κ2) is 11.7. The highest BCUT2D eigenvalue weighted by molar-refractivity contribution is 5.85. The Balaban J connectivity index is 1.37. The van der Waals surface area contributed by atoms with Crippen LogP contribution in [-0.4, -0.2) is 0 Å². The fourth-order valence-electron chi connectivity index (χ4n) is 5.06. The highest BCUT2D eigenvalue weighted by Crippen LogP contribution is 2.35. The standard InChI is InChI=1S/C37H31N3/c38-37(29-17-8-3-9-18-29)33-21-10-11-22-35(33)39-40-36-24-23-31(28-15-6-2-7-16-28)26-34(36)32-20-12-19-30(25-32)27-13-4-1-5-14-27/h1-26,37,39-40H,38H2.